The lowest BCUT2D eigenvalue weighted by Gasteiger charge is -2.23. The Morgan fingerprint density at radius 1 is 1.18 bits per heavy atom. The zero-order valence-corrected chi connectivity index (χ0v) is 19.8. The lowest BCUT2D eigenvalue weighted by atomic mass is 10.0. The average Bonchev–Trinajstić information content (AvgIpc) is 2.85. The van der Waals surface area contributed by atoms with Crippen molar-refractivity contribution < 1.29 is 0 Å². The number of hydrogen-bond donors (Lipinski definition) is 6. The standard InChI is InChI=1S/C26H32N8/c1-17(2)19(12-27)11-25(29)34-26-9-8-23-24(33-26)10-20(16-32-23)21(13-28)15-31-14-18-4-6-22(30-3)7-5-18/h4-13,15-17,27,30,32-33H,14,28H2,1-3H3,(H2,29,34). The maximum Gasteiger partial charge on any atom is 0.132 e. The lowest BCUT2D eigenvalue weighted by molar-refractivity contribution is 0.806. The van der Waals surface area contributed by atoms with E-state index in [1.807, 2.05) is 69.6 Å². The first-order valence-electron chi connectivity index (χ1n) is 11.1. The van der Waals surface area contributed by atoms with Gasteiger partial charge in [0.25, 0.3) is 0 Å². The summed E-state index contributed by atoms with van der Waals surface area (Å²) in [5, 5.41) is 17.2. The normalized spacial score (nSPS) is 16.6. The minimum atomic E-state index is 0.194. The maximum atomic E-state index is 7.52. The molecule has 0 bridgehead atoms. The van der Waals surface area contributed by atoms with E-state index < -0.39 is 0 Å². The first kappa shape index (κ1) is 24.3. The first-order valence-corrected chi connectivity index (χ1v) is 11.1. The van der Waals surface area contributed by atoms with Crippen molar-refractivity contribution in [2.45, 2.75) is 20.4 Å². The Morgan fingerprint density at radius 2 is 1.94 bits per heavy atom. The molecule has 176 valence electrons. The SMILES string of the molecule is CNc1ccc(CN=CC(=CN)C2=CNC3=CC=C(N=C(N)C=C(C=N)C(C)C)NC3=C2)cc1. The van der Waals surface area contributed by atoms with E-state index in [-0.39, 0.29) is 5.92 Å². The molecule has 1 aromatic carbocycles. The Bertz CT molecular complexity index is 1160. The minimum Gasteiger partial charge on any atom is -0.404 e. The second kappa shape index (κ2) is 11.5. The average molecular weight is 457 g/mol. The predicted octanol–water partition coefficient (Wildman–Crippen LogP) is 3.43. The summed E-state index contributed by atoms with van der Waals surface area (Å²) in [4.78, 5) is 9.00. The third-order valence-corrected chi connectivity index (χ3v) is 5.30. The molecule has 0 atom stereocenters. The van der Waals surface area contributed by atoms with Gasteiger partial charge in [0.2, 0.25) is 0 Å². The number of amidine groups is 1. The monoisotopic (exact) mass is 456 g/mol. The Labute approximate surface area is 200 Å². The van der Waals surface area contributed by atoms with Gasteiger partial charge in [-0.1, -0.05) is 26.0 Å². The molecule has 3 rings (SSSR count). The molecular weight excluding hydrogens is 424 g/mol. The minimum absolute atomic E-state index is 0.194. The van der Waals surface area contributed by atoms with E-state index in [1.54, 1.807) is 12.3 Å². The molecule has 2 aliphatic heterocycles. The summed E-state index contributed by atoms with van der Waals surface area (Å²) in [5.74, 6) is 1.14. The Morgan fingerprint density at radius 3 is 2.59 bits per heavy atom. The van der Waals surface area contributed by atoms with E-state index in [2.05, 4.69) is 25.9 Å². The van der Waals surface area contributed by atoms with Crippen LogP contribution in [0.25, 0.3) is 0 Å². The van der Waals surface area contributed by atoms with Gasteiger partial charge in [0.15, 0.2) is 0 Å². The van der Waals surface area contributed by atoms with Gasteiger partial charge in [0.1, 0.15) is 11.7 Å². The molecule has 0 radical (unpaired) electrons. The number of nitrogens with zero attached hydrogens (tertiary/aromatic N) is 2. The van der Waals surface area contributed by atoms with Gasteiger partial charge in [-0.3, -0.25) is 4.99 Å². The van der Waals surface area contributed by atoms with Gasteiger partial charge in [0.05, 0.1) is 17.9 Å². The highest BCUT2D eigenvalue weighted by Gasteiger charge is 2.16. The van der Waals surface area contributed by atoms with Crippen molar-refractivity contribution in [2.24, 2.45) is 27.4 Å². The van der Waals surface area contributed by atoms with Gasteiger partial charge >= 0.3 is 0 Å². The molecule has 0 amide bonds. The quantitative estimate of drug-likeness (QED) is 0.250. The van der Waals surface area contributed by atoms with E-state index in [4.69, 9.17) is 16.9 Å². The molecule has 8 nitrogen and oxygen atoms in total. The number of aliphatic imine (C=N–C) groups is 2. The van der Waals surface area contributed by atoms with Gasteiger partial charge in [-0.05, 0) is 53.5 Å². The molecule has 0 fully saturated rings. The van der Waals surface area contributed by atoms with E-state index in [9.17, 15) is 0 Å². The number of anilines is 1. The fourth-order valence-corrected chi connectivity index (χ4v) is 3.28. The van der Waals surface area contributed by atoms with Crippen LogP contribution in [0.2, 0.25) is 0 Å². The lowest BCUT2D eigenvalue weighted by Crippen LogP contribution is -2.27. The molecule has 2 heterocycles. The summed E-state index contributed by atoms with van der Waals surface area (Å²) in [6.45, 7) is 4.58. The van der Waals surface area contributed by atoms with Crippen LogP contribution in [-0.2, 0) is 6.54 Å². The highest BCUT2D eigenvalue weighted by molar-refractivity contribution is 5.97. The van der Waals surface area contributed by atoms with Gasteiger partial charge in [-0.15, -0.1) is 0 Å². The molecular formula is C26H32N8. The van der Waals surface area contributed by atoms with Crippen LogP contribution in [0, 0.1) is 11.3 Å². The molecule has 0 saturated carbocycles. The van der Waals surface area contributed by atoms with E-state index >= 15 is 0 Å². The maximum absolute atomic E-state index is 7.52. The van der Waals surface area contributed by atoms with Crippen LogP contribution in [0.15, 0.2) is 105 Å². The summed E-state index contributed by atoms with van der Waals surface area (Å²) in [6, 6.07) is 8.14. The molecule has 0 aromatic heterocycles. The molecule has 8 heteroatoms. The van der Waals surface area contributed by atoms with Crippen LogP contribution in [0.4, 0.5) is 5.69 Å². The van der Waals surface area contributed by atoms with Gasteiger partial charge in [-0.25, -0.2) is 4.99 Å². The van der Waals surface area contributed by atoms with Crippen LogP contribution in [0.3, 0.4) is 0 Å². The summed E-state index contributed by atoms with van der Waals surface area (Å²) in [5.41, 5.74) is 18.4. The summed E-state index contributed by atoms with van der Waals surface area (Å²) in [7, 11) is 1.89. The largest absolute Gasteiger partial charge is 0.404 e. The molecule has 0 aliphatic carbocycles. The molecule has 0 saturated heterocycles. The van der Waals surface area contributed by atoms with Crippen LogP contribution in [0.1, 0.15) is 19.4 Å². The Hall–Kier alpha value is -4.33. The van der Waals surface area contributed by atoms with Crippen LogP contribution in [-0.4, -0.2) is 25.3 Å². The van der Waals surface area contributed by atoms with Crippen molar-refractivity contribution in [1.29, 1.82) is 5.41 Å². The van der Waals surface area contributed by atoms with Crippen molar-refractivity contribution in [3.8, 4) is 0 Å². The second-order valence-electron chi connectivity index (χ2n) is 8.08. The van der Waals surface area contributed by atoms with Crippen molar-refractivity contribution >= 4 is 24.0 Å². The fraction of sp³-hybridized carbons (Fsp3) is 0.192. The fourth-order valence-electron chi connectivity index (χ4n) is 3.28. The number of allylic oxidation sites excluding steroid dienone is 6. The summed E-state index contributed by atoms with van der Waals surface area (Å²) < 4.78 is 0. The second-order valence-corrected chi connectivity index (χ2v) is 8.08. The Kier molecular flexibility index (Phi) is 8.23. The van der Waals surface area contributed by atoms with E-state index in [0.29, 0.717) is 18.2 Å². The summed E-state index contributed by atoms with van der Waals surface area (Å²) >= 11 is 0. The molecule has 2 aliphatic rings. The highest BCUT2D eigenvalue weighted by Crippen LogP contribution is 2.22. The van der Waals surface area contributed by atoms with Crippen molar-refractivity contribution in [3.63, 3.8) is 0 Å². The van der Waals surface area contributed by atoms with Crippen molar-refractivity contribution in [3.05, 3.63) is 100 Å². The Balaban J connectivity index is 1.70. The van der Waals surface area contributed by atoms with E-state index in [1.165, 1.54) is 12.4 Å². The zero-order valence-electron chi connectivity index (χ0n) is 19.8. The number of nitrogens with two attached hydrogens (primary N) is 2. The van der Waals surface area contributed by atoms with Crippen LogP contribution < -0.4 is 27.4 Å². The molecule has 34 heavy (non-hydrogen) atoms. The number of fused-ring (bicyclic) bond motifs is 1. The van der Waals surface area contributed by atoms with Crippen molar-refractivity contribution in [2.75, 3.05) is 12.4 Å². The first-order chi connectivity index (χ1) is 16.4. The zero-order chi connectivity index (χ0) is 24.5. The molecule has 0 unspecified atom stereocenters. The number of hydrogen-bond acceptors (Lipinski definition) is 7. The van der Waals surface area contributed by atoms with Crippen LogP contribution in [0.5, 0.6) is 0 Å². The predicted molar refractivity (Wildman–Crippen MR) is 142 cm³/mol. The smallest absolute Gasteiger partial charge is 0.132 e. The van der Waals surface area contributed by atoms with Gasteiger partial charge in [-0.2, -0.15) is 0 Å². The van der Waals surface area contributed by atoms with Crippen LogP contribution >= 0.6 is 0 Å². The third-order valence-electron chi connectivity index (χ3n) is 5.30. The number of nitrogens with one attached hydrogen (secondary N) is 4. The highest BCUT2D eigenvalue weighted by atomic mass is 15.1. The number of rotatable bonds is 9. The topological polar surface area (TPSA) is 137 Å². The van der Waals surface area contributed by atoms with E-state index in [0.717, 1.165) is 39.4 Å². The number of benzene rings is 1. The number of dihydropyridines is 2. The van der Waals surface area contributed by atoms with Gasteiger partial charge < -0.3 is 32.8 Å². The summed E-state index contributed by atoms with van der Waals surface area (Å²) in [6.07, 6.45) is 14.0. The van der Waals surface area contributed by atoms with Gasteiger partial charge in [0, 0.05) is 48.7 Å². The molecule has 0 spiro atoms. The van der Waals surface area contributed by atoms with Crippen molar-refractivity contribution in [1.82, 2.24) is 10.6 Å². The molecule has 1 aromatic rings. The third kappa shape index (κ3) is 6.35. The molecule has 8 N–H and O–H groups in total.